The van der Waals surface area contributed by atoms with E-state index in [1.54, 1.807) is 19.1 Å². The Bertz CT molecular complexity index is 747. The van der Waals surface area contributed by atoms with Crippen LogP contribution < -0.4 is 4.90 Å². The summed E-state index contributed by atoms with van der Waals surface area (Å²) in [6.07, 6.45) is 0. The summed E-state index contributed by atoms with van der Waals surface area (Å²) in [5, 5.41) is 7.76. The molecule has 3 rings (SSSR count). The summed E-state index contributed by atoms with van der Waals surface area (Å²) in [7, 11) is -3.44. The van der Waals surface area contributed by atoms with Gasteiger partial charge in [0.25, 0.3) is 0 Å². The fraction of sp³-hybridized carbons (Fsp3) is 0.429. The van der Waals surface area contributed by atoms with Crippen molar-refractivity contribution in [2.45, 2.75) is 18.7 Å². The molecule has 8 heteroatoms. The van der Waals surface area contributed by atoms with Crippen LogP contribution >= 0.6 is 0 Å². The van der Waals surface area contributed by atoms with Gasteiger partial charge in [0, 0.05) is 33.1 Å². The van der Waals surface area contributed by atoms with Crippen LogP contribution in [0.2, 0.25) is 0 Å². The van der Waals surface area contributed by atoms with Crippen molar-refractivity contribution in [3.63, 3.8) is 0 Å². The molecule has 0 N–H and O–H groups in total. The van der Waals surface area contributed by atoms with E-state index in [0.717, 1.165) is 5.56 Å². The van der Waals surface area contributed by atoms with Crippen LogP contribution in [0.15, 0.2) is 33.6 Å². The number of aromatic nitrogens is 2. The summed E-state index contributed by atoms with van der Waals surface area (Å²) in [4.78, 5) is 2.24. The van der Waals surface area contributed by atoms with Crippen molar-refractivity contribution in [1.82, 2.24) is 14.5 Å². The van der Waals surface area contributed by atoms with Gasteiger partial charge in [0.05, 0.1) is 4.90 Å². The molecule has 118 valence electrons. The first kappa shape index (κ1) is 15.0. The van der Waals surface area contributed by atoms with Gasteiger partial charge in [0.15, 0.2) is 0 Å². The van der Waals surface area contributed by atoms with Gasteiger partial charge in [-0.2, -0.15) is 4.31 Å². The van der Waals surface area contributed by atoms with Gasteiger partial charge in [-0.1, -0.05) is 22.8 Å². The second-order valence-corrected chi connectivity index (χ2v) is 7.25. The highest BCUT2D eigenvalue weighted by atomic mass is 32.2. The number of hydrogen-bond acceptors (Lipinski definition) is 6. The monoisotopic (exact) mass is 322 g/mol. The number of aryl methyl sites for hydroxylation is 2. The largest absolute Gasteiger partial charge is 0.408 e. The molecule has 1 saturated heterocycles. The molecule has 0 spiro atoms. The highest BCUT2D eigenvalue weighted by Crippen LogP contribution is 2.20. The van der Waals surface area contributed by atoms with Crippen molar-refractivity contribution in [1.29, 1.82) is 0 Å². The number of sulfonamides is 1. The first-order valence-electron chi connectivity index (χ1n) is 7.09. The molecule has 1 aromatic heterocycles. The van der Waals surface area contributed by atoms with Crippen molar-refractivity contribution in [3.05, 3.63) is 35.7 Å². The predicted octanol–water partition coefficient (Wildman–Crippen LogP) is 1.20. The van der Waals surface area contributed by atoms with Crippen LogP contribution in [0.5, 0.6) is 0 Å². The minimum Gasteiger partial charge on any atom is -0.408 e. The molecule has 7 nitrogen and oxygen atoms in total. The molecular formula is C14H18N4O3S. The van der Waals surface area contributed by atoms with E-state index in [-0.39, 0.29) is 0 Å². The lowest BCUT2D eigenvalue weighted by Crippen LogP contribution is -2.48. The molecule has 0 radical (unpaired) electrons. The van der Waals surface area contributed by atoms with E-state index < -0.39 is 10.0 Å². The van der Waals surface area contributed by atoms with Crippen LogP contribution in [-0.2, 0) is 10.0 Å². The number of rotatable bonds is 3. The molecular weight excluding hydrogens is 304 g/mol. The molecule has 1 aromatic carbocycles. The topological polar surface area (TPSA) is 79.5 Å². The average Bonchev–Trinajstić information content (AvgIpc) is 2.94. The molecule has 0 saturated carbocycles. The lowest BCUT2D eigenvalue weighted by molar-refractivity contribution is 0.370. The second kappa shape index (κ2) is 5.69. The zero-order valence-electron chi connectivity index (χ0n) is 12.6. The highest BCUT2D eigenvalue weighted by molar-refractivity contribution is 7.89. The predicted molar refractivity (Wildman–Crippen MR) is 81.2 cm³/mol. The Morgan fingerprint density at radius 2 is 1.64 bits per heavy atom. The standard InChI is InChI=1S/C14H18N4O3S/c1-11-3-5-13(6-4-11)22(19,20)18-9-7-17(8-10-18)14-16-15-12(2)21-14/h3-6H,7-10H2,1-2H3. The van der Waals surface area contributed by atoms with Gasteiger partial charge >= 0.3 is 6.01 Å². The van der Waals surface area contributed by atoms with Gasteiger partial charge in [-0.25, -0.2) is 8.42 Å². The summed E-state index contributed by atoms with van der Waals surface area (Å²) in [6.45, 7) is 5.53. The Hall–Kier alpha value is -1.93. The molecule has 0 bridgehead atoms. The lowest BCUT2D eigenvalue weighted by Gasteiger charge is -2.32. The Labute approximate surface area is 129 Å². The Morgan fingerprint density at radius 1 is 1.00 bits per heavy atom. The normalized spacial score (nSPS) is 16.9. The molecule has 0 unspecified atom stereocenters. The molecule has 1 aliphatic rings. The Balaban J connectivity index is 1.71. The highest BCUT2D eigenvalue weighted by Gasteiger charge is 2.29. The van der Waals surface area contributed by atoms with Crippen molar-refractivity contribution in [3.8, 4) is 0 Å². The summed E-state index contributed by atoms with van der Waals surface area (Å²) >= 11 is 0. The Kier molecular flexibility index (Phi) is 3.88. The zero-order valence-corrected chi connectivity index (χ0v) is 13.4. The quantitative estimate of drug-likeness (QED) is 0.845. The third kappa shape index (κ3) is 2.84. The van der Waals surface area contributed by atoms with Gasteiger partial charge in [-0.3, -0.25) is 0 Å². The number of anilines is 1. The molecule has 0 atom stereocenters. The molecule has 0 amide bonds. The van der Waals surface area contributed by atoms with E-state index >= 15 is 0 Å². The van der Waals surface area contributed by atoms with E-state index in [4.69, 9.17) is 4.42 Å². The van der Waals surface area contributed by atoms with Gasteiger partial charge in [-0.15, -0.1) is 5.10 Å². The molecule has 22 heavy (non-hydrogen) atoms. The van der Waals surface area contributed by atoms with Crippen molar-refractivity contribution in [2.75, 3.05) is 31.1 Å². The smallest absolute Gasteiger partial charge is 0.318 e. The minimum atomic E-state index is -3.44. The van der Waals surface area contributed by atoms with E-state index in [1.807, 2.05) is 24.0 Å². The van der Waals surface area contributed by atoms with Gasteiger partial charge < -0.3 is 9.32 Å². The van der Waals surface area contributed by atoms with Crippen LogP contribution in [0.4, 0.5) is 6.01 Å². The third-order valence-corrected chi connectivity index (χ3v) is 5.60. The van der Waals surface area contributed by atoms with Crippen LogP contribution in [-0.4, -0.2) is 49.1 Å². The number of benzene rings is 1. The Morgan fingerprint density at radius 3 is 2.18 bits per heavy atom. The second-order valence-electron chi connectivity index (χ2n) is 5.31. The first-order valence-corrected chi connectivity index (χ1v) is 8.53. The SMILES string of the molecule is Cc1ccc(S(=O)(=O)N2CCN(c3nnc(C)o3)CC2)cc1. The minimum absolute atomic E-state index is 0.334. The third-order valence-electron chi connectivity index (χ3n) is 3.68. The van der Waals surface area contributed by atoms with Crippen LogP contribution in [0.25, 0.3) is 0 Å². The first-order chi connectivity index (χ1) is 10.5. The van der Waals surface area contributed by atoms with E-state index in [2.05, 4.69) is 10.2 Å². The van der Waals surface area contributed by atoms with E-state index in [1.165, 1.54) is 4.31 Å². The van der Waals surface area contributed by atoms with Crippen LogP contribution in [0.3, 0.4) is 0 Å². The van der Waals surface area contributed by atoms with Gasteiger partial charge in [-0.05, 0) is 19.1 Å². The fourth-order valence-electron chi connectivity index (χ4n) is 2.39. The molecule has 1 fully saturated rings. The molecule has 2 heterocycles. The molecule has 1 aliphatic heterocycles. The maximum absolute atomic E-state index is 12.6. The fourth-order valence-corrected chi connectivity index (χ4v) is 3.82. The number of piperazine rings is 1. The summed E-state index contributed by atoms with van der Waals surface area (Å²) in [5.41, 5.74) is 1.04. The molecule has 0 aliphatic carbocycles. The summed E-state index contributed by atoms with van der Waals surface area (Å²) in [5.74, 6) is 0.504. The van der Waals surface area contributed by atoms with Crippen molar-refractivity contribution < 1.29 is 12.8 Å². The summed E-state index contributed by atoms with van der Waals surface area (Å²) in [6, 6.07) is 7.37. The van der Waals surface area contributed by atoms with Crippen LogP contribution in [0.1, 0.15) is 11.5 Å². The van der Waals surface area contributed by atoms with Crippen LogP contribution in [0, 0.1) is 13.8 Å². The van der Waals surface area contributed by atoms with Gasteiger partial charge in [0.2, 0.25) is 15.9 Å². The number of hydrogen-bond donors (Lipinski definition) is 0. The molecule has 2 aromatic rings. The lowest BCUT2D eigenvalue weighted by atomic mass is 10.2. The van der Waals surface area contributed by atoms with Crippen molar-refractivity contribution in [2.24, 2.45) is 0 Å². The van der Waals surface area contributed by atoms with Gasteiger partial charge in [0.1, 0.15) is 0 Å². The zero-order chi connectivity index (χ0) is 15.7. The van der Waals surface area contributed by atoms with E-state index in [9.17, 15) is 8.42 Å². The maximum atomic E-state index is 12.6. The maximum Gasteiger partial charge on any atom is 0.318 e. The van der Waals surface area contributed by atoms with E-state index in [0.29, 0.717) is 43.0 Å². The van der Waals surface area contributed by atoms with Crippen molar-refractivity contribution >= 4 is 16.0 Å². The summed E-state index contributed by atoms with van der Waals surface area (Å²) < 4.78 is 32.1. The number of nitrogens with zero attached hydrogens (tertiary/aromatic N) is 4. The average molecular weight is 322 g/mol.